The number of carbonyl (C=O) groups is 1. The molecule has 0 aromatic rings. The molecule has 3 nitrogen and oxygen atoms in total. The van der Waals surface area contributed by atoms with Crippen LogP contribution in [0.25, 0.3) is 0 Å². The molecule has 0 aliphatic carbocycles. The molecule has 12 heavy (non-hydrogen) atoms. The van der Waals surface area contributed by atoms with Gasteiger partial charge in [0.1, 0.15) is 6.61 Å². The van der Waals surface area contributed by atoms with Crippen LogP contribution in [0.15, 0.2) is 0 Å². The molecule has 1 N–H and O–H groups in total. The number of unbranched alkanes of at least 4 members (excludes halogenated alkanes) is 1. The minimum absolute atomic E-state index is 0.0592. The van der Waals surface area contributed by atoms with E-state index in [0.717, 1.165) is 12.8 Å². The smallest absolute Gasteiger partial charge is 0.245 e. The van der Waals surface area contributed by atoms with Crippen LogP contribution in [0, 0.1) is 0 Å². The first kappa shape index (κ1) is 14.0. The lowest BCUT2D eigenvalue weighted by Crippen LogP contribution is -2.23. The van der Waals surface area contributed by atoms with E-state index in [1.807, 2.05) is 13.8 Å². The Morgan fingerprint density at radius 3 is 2.42 bits per heavy atom. The molecule has 0 rings (SSSR count). The molecule has 1 amide bonds. The minimum atomic E-state index is -0.0592. The van der Waals surface area contributed by atoms with E-state index in [9.17, 15) is 4.79 Å². The van der Waals surface area contributed by atoms with E-state index in [1.165, 1.54) is 0 Å². The Hall–Kier alpha value is -0.570. The van der Waals surface area contributed by atoms with E-state index >= 15 is 0 Å². The van der Waals surface area contributed by atoms with E-state index in [1.54, 1.807) is 7.05 Å². The number of nitrogens with one attached hydrogen (secondary N) is 1. The van der Waals surface area contributed by atoms with Gasteiger partial charge in [0.05, 0.1) is 0 Å². The molecule has 0 unspecified atom stereocenters. The average molecular weight is 175 g/mol. The SMILES string of the molecule is CC.CCCCOCC(=O)NC. The first-order valence-electron chi connectivity index (χ1n) is 4.59. The third kappa shape index (κ3) is 12.1. The molecule has 0 saturated heterocycles. The van der Waals surface area contributed by atoms with Crippen molar-refractivity contribution >= 4 is 5.91 Å². The number of carbonyl (C=O) groups excluding carboxylic acids is 1. The van der Waals surface area contributed by atoms with E-state index in [0.29, 0.717) is 6.61 Å². The summed E-state index contributed by atoms with van der Waals surface area (Å²) in [5.41, 5.74) is 0. The fourth-order valence-corrected chi connectivity index (χ4v) is 0.483. The Labute approximate surface area is 75.5 Å². The molecule has 0 radical (unpaired) electrons. The highest BCUT2D eigenvalue weighted by Gasteiger charge is 1.94. The highest BCUT2D eigenvalue weighted by Crippen LogP contribution is 1.86. The first-order chi connectivity index (χ1) is 5.81. The van der Waals surface area contributed by atoms with Crippen molar-refractivity contribution in [2.45, 2.75) is 33.6 Å². The van der Waals surface area contributed by atoms with Crippen molar-refractivity contribution in [3.63, 3.8) is 0 Å². The van der Waals surface area contributed by atoms with Gasteiger partial charge < -0.3 is 10.1 Å². The minimum Gasteiger partial charge on any atom is -0.372 e. The van der Waals surface area contributed by atoms with E-state index in [-0.39, 0.29) is 12.5 Å². The van der Waals surface area contributed by atoms with Crippen molar-refractivity contribution in [3.8, 4) is 0 Å². The van der Waals surface area contributed by atoms with Crippen LogP contribution in [0.4, 0.5) is 0 Å². The Morgan fingerprint density at radius 1 is 1.42 bits per heavy atom. The van der Waals surface area contributed by atoms with Crippen molar-refractivity contribution in [3.05, 3.63) is 0 Å². The van der Waals surface area contributed by atoms with Crippen molar-refractivity contribution in [2.24, 2.45) is 0 Å². The normalized spacial score (nSPS) is 8.33. The number of hydrogen-bond donors (Lipinski definition) is 1. The summed E-state index contributed by atoms with van der Waals surface area (Å²) in [5, 5.41) is 2.48. The van der Waals surface area contributed by atoms with Crippen LogP contribution in [0.3, 0.4) is 0 Å². The number of hydrogen-bond acceptors (Lipinski definition) is 2. The third-order valence-electron chi connectivity index (χ3n) is 1.15. The average Bonchev–Trinajstić information content (AvgIpc) is 2.15. The van der Waals surface area contributed by atoms with Crippen LogP contribution in [0.5, 0.6) is 0 Å². The Bertz CT molecular complexity index is 94.5. The maximum Gasteiger partial charge on any atom is 0.245 e. The van der Waals surface area contributed by atoms with Crippen molar-refractivity contribution in [2.75, 3.05) is 20.3 Å². The lowest BCUT2D eigenvalue weighted by atomic mass is 10.4. The van der Waals surface area contributed by atoms with E-state index < -0.39 is 0 Å². The molecule has 74 valence electrons. The molecule has 0 aliphatic heterocycles. The molecule has 0 aliphatic rings. The molecule has 0 spiro atoms. The van der Waals surface area contributed by atoms with Crippen LogP contribution >= 0.6 is 0 Å². The molecule has 0 aromatic heterocycles. The summed E-state index contributed by atoms with van der Waals surface area (Å²) < 4.78 is 5.01. The summed E-state index contributed by atoms with van der Waals surface area (Å²) in [6, 6.07) is 0. The van der Waals surface area contributed by atoms with Crippen LogP contribution < -0.4 is 5.32 Å². The maximum absolute atomic E-state index is 10.5. The predicted octanol–water partition coefficient (Wildman–Crippen LogP) is 1.58. The molecule has 0 heterocycles. The van der Waals surface area contributed by atoms with Gasteiger partial charge in [0.25, 0.3) is 0 Å². The summed E-state index contributed by atoms with van der Waals surface area (Å²) in [6.07, 6.45) is 2.13. The molecular formula is C9H21NO2. The molecular weight excluding hydrogens is 154 g/mol. The lowest BCUT2D eigenvalue weighted by Gasteiger charge is -2.00. The number of ether oxygens (including phenoxy) is 1. The number of rotatable bonds is 5. The molecule has 0 bridgehead atoms. The second-order valence-corrected chi connectivity index (χ2v) is 2.08. The van der Waals surface area contributed by atoms with Gasteiger partial charge in [-0.05, 0) is 6.42 Å². The van der Waals surface area contributed by atoms with E-state index in [4.69, 9.17) is 4.74 Å². The molecule has 0 saturated carbocycles. The van der Waals surface area contributed by atoms with Crippen LogP contribution in [0.2, 0.25) is 0 Å². The van der Waals surface area contributed by atoms with Gasteiger partial charge in [-0.1, -0.05) is 27.2 Å². The fourth-order valence-electron chi connectivity index (χ4n) is 0.483. The molecule has 0 atom stereocenters. The summed E-state index contributed by atoms with van der Waals surface area (Å²) in [5.74, 6) is -0.0592. The third-order valence-corrected chi connectivity index (χ3v) is 1.15. The van der Waals surface area contributed by atoms with Crippen molar-refractivity contribution in [1.82, 2.24) is 5.32 Å². The largest absolute Gasteiger partial charge is 0.372 e. The van der Waals surface area contributed by atoms with E-state index in [2.05, 4.69) is 12.2 Å². The standard InChI is InChI=1S/C7H15NO2.C2H6/c1-3-4-5-10-6-7(9)8-2;1-2/h3-6H2,1-2H3,(H,8,9);1-2H3. The van der Waals surface area contributed by atoms with Gasteiger partial charge in [-0.25, -0.2) is 0 Å². The van der Waals surface area contributed by atoms with Gasteiger partial charge in [-0.2, -0.15) is 0 Å². The zero-order valence-corrected chi connectivity index (χ0v) is 8.64. The fraction of sp³-hybridized carbons (Fsp3) is 0.889. The highest BCUT2D eigenvalue weighted by molar-refractivity contribution is 5.76. The number of likely N-dealkylation sites (N-methyl/N-ethyl adjacent to an activating group) is 1. The molecule has 0 aromatic carbocycles. The van der Waals surface area contributed by atoms with Gasteiger partial charge in [0, 0.05) is 13.7 Å². The molecule has 3 heteroatoms. The topological polar surface area (TPSA) is 38.3 Å². The highest BCUT2D eigenvalue weighted by atomic mass is 16.5. The van der Waals surface area contributed by atoms with Crippen molar-refractivity contribution in [1.29, 1.82) is 0 Å². The predicted molar refractivity (Wildman–Crippen MR) is 51.1 cm³/mol. The van der Waals surface area contributed by atoms with Crippen LogP contribution in [-0.4, -0.2) is 26.2 Å². The Morgan fingerprint density at radius 2 is 2.00 bits per heavy atom. The number of amides is 1. The van der Waals surface area contributed by atoms with Crippen LogP contribution in [-0.2, 0) is 9.53 Å². The zero-order chi connectivity index (χ0) is 9.82. The summed E-state index contributed by atoms with van der Waals surface area (Å²) in [7, 11) is 1.60. The Balaban J connectivity index is 0. The summed E-state index contributed by atoms with van der Waals surface area (Å²) >= 11 is 0. The second kappa shape index (κ2) is 13.1. The monoisotopic (exact) mass is 175 g/mol. The maximum atomic E-state index is 10.5. The summed E-state index contributed by atoms with van der Waals surface area (Å²) in [6.45, 7) is 6.96. The quantitative estimate of drug-likeness (QED) is 0.644. The second-order valence-electron chi connectivity index (χ2n) is 2.08. The van der Waals surface area contributed by atoms with Crippen LogP contribution in [0.1, 0.15) is 33.6 Å². The van der Waals surface area contributed by atoms with Crippen molar-refractivity contribution < 1.29 is 9.53 Å². The lowest BCUT2D eigenvalue weighted by molar-refractivity contribution is -0.125. The van der Waals surface area contributed by atoms with Gasteiger partial charge in [-0.3, -0.25) is 4.79 Å². The Kier molecular flexibility index (Phi) is 15.2. The van der Waals surface area contributed by atoms with Gasteiger partial charge in [-0.15, -0.1) is 0 Å². The first-order valence-corrected chi connectivity index (χ1v) is 4.59. The van der Waals surface area contributed by atoms with Gasteiger partial charge in [0.15, 0.2) is 0 Å². The van der Waals surface area contributed by atoms with Gasteiger partial charge >= 0.3 is 0 Å². The van der Waals surface area contributed by atoms with Gasteiger partial charge in [0.2, 0.25) is 5.91 Å². The summed E-state index contributed by atoms with van der Waals surface area (Å²) in [4.78, 5) is 10.5. The molecule has 0 fully saturated rings. The zero-order valence-electron chi connectivity index (χ0n) is 8.64.